The van der Waals surface area contributed by atoms with E-state index in [0.717, 1.165) is 22.4 Å². The highest BCUT2D eigenvalue weighted by molar-refractivity contribution is 7.90. The highest BCUT2D eigenvalue weighted by Gasteiger charge is 2.25. The van der Waals surface area contributed by atoms with E-state index in [2.05, 4.69) is 28.8 Å². The van der Waals surface area contributed by atoms with E-state index in [1.807, 2.05) is 46.8 Å². The fourth-order valence-electron chi connectivity index (χ4n) is 3.75. The number of carbonyl (C=O) groups is 1. The molecule has 1 aromatic heterocycles. The van der Waals surface area contributed by atoms with Crippen LogP contribution in [0.1, 0.15) is 64.8 Å². The maximum Gasteiger partial charge on any atom is 0.283 e. The average Bonchev–Trinajstić information content (AvgIpc) is 2.70. The second-order valence-corrected chi connectivity index (χ2v) is 10.9. The zero-order chi connectivity index (χ0) is 23.7. The normalized spacial score (nSPS) is 11.9. The van der Waals surface area contributed by atoms with Crippen molar-refractivity contribution < 1.29 is 13.2 Å². The van der Waals surface area contributed by atoms with Gasteiger partial charge in [0.15, 0.2) is 0 Å². The number of nitrogens with zero attached hydrogens (tertiary/aromatic N) is 1. The Morgan fingerprint density at radius 3 is 2.09 bits per heavy atom. The molecule has 1 heterocycles. The van der Waals surface area contributed by atoms with Gasteiger partial charge in [0.2, 0.25) is 0 Å². The van der Waals surface area contributed by atoms with Crippen LogP contribution in [0.5, 0.6) is 0 Å². The summed E-state index contributed by atoms with van der Waals surface area (Å²) in [4.78, 5) is 17.8. The molecular formula is C26H30N2O3S. The zero-order valence-corrected chi connectivity index (χ0v) is 20.3. The van der Waals surface area contributed by atoms with E-state index >= 15 is 0 Å². The molecule has 3 aromatic rings. The molecule has 0 atom stereocenters. The molecule has 168 valence electrons. The lowest BCUT2D eigenvalue weighted by Crippen LogP contribution is -2.32. The molecule has 3 rings (SSSR count). The van der Waals surface area contributed by atoms with Crippen molar-refractivity contribution >= 4 is 15.9 Å². The van der Waals surface area contributed by atoms with Gasteiger partial charge in [0.25, 0.3) is 15.9 Å². The zero-order valence-electron chi connectivity index (χ0n) is 19.5. The number of hydrogen-bond acceptors (Lipinski definition) is 4. The number of aromatic nitrogens is 1. The fraction of sp³-hybridized carbons (Fsp3) is 0.308. The predicted molar refractivity (Wildman–Crippen MR) is 127 cm³/mol. The number of rotatable bonds is 5. The van der Waals surface area contributed by atoms with Crippen molar-refractivity contribution in [1.82, 2.24) is 9.71 Å². The molecule has 0 unspecified atom stereocenters. The van der Waals surface area contributed by atoms with Crippen molar-refractivity contribution in [2.75, 3.05) is 0 Å². The summed E-state index contributed by atoms with van der Waals surface area (Å²) >= 11 is 0. The number of sulfonamides is 1. The van der Waals surface area contributed by atoms with Gasteiger partial charge in [-0.15, -0.1) is 0 Å². The third-order valence-electron chi connectivity index (χ3n) is 5.45. The van der Waals surface area contributed by atoms with Crippen LogP contribution in [0.4, 0.5) is 0 Å². The molecule has 0 aliphatic rings. The monoisotopic (exact) mass is 450 g/mol. The first-order valence-electron chi connectivity index (χ1n) is 10.6. The number of nitrogens with one attached hydrogen (secondary N) is 1. The summed E-state index contributed by atoms with van der Waals surface area (Å²) in [5.41, 5.74) is 5.81. The van der Waals surface area contributed by atoms with Crippen molar-refractivity contribution in [2.45, 2.75) is 58.3 Å². The minimum atomic E-state index is -4.01. The predicted octanol–water partition coefficient (Wildman–Crippen LogP) is 5.01. The van der Waals surface area contributed by atoms with Gasteiger partial charge in [-0.2, -0.15) is 0 Å². The summed E-state index contributed by atoms with van der Waals surface area (Å²) in [6, 6.07) is 15.9. The Balaban J connectivity index is 2.05. The van der Waals surface area contributed by atoms with E-state index in [0.29, 0.717) is 12.0 Å². The van der Waals surface area contributed by atoms with E-state index in [-0.39, 0.29) is 16.0 Å². The van der Waals surface area contributed by atoms with Gasteiger partial charge in [0, 0.05) is 17.5 Å². The molecule has 0 saturated heterocycles. The van der Waals surface area contributed by atoms with Crippen LogP contribution < -0.4 is 4.72 Å². The molecule has 1 amide bonds. The number of benzene rings is 2. The molecule has 1 N–H and O–H groups in total. The molecule has 0 spiro atoms. The Hall–Kier alpha value is -2.99. The molecule has 0 radical (unpaired) electrons. The molecule has 2 aromatic carbocycles. The van der Waals surface area contributed by atoms with Crippen LogP contribution in [-0.2, 0) is 21.9 Å². The van der Waals surface area contributed by atoms with Gasteiger partial charge in [-0.1, -0.05) is 62.7 Å². The van der Waals surface area contributed by atoms with Crippen molar-refractivity contribution in [2.24, 2.45) is 0 Å². The van der Waals surface area contributed by atoms with Crippen molar-refractivity contribution in [3.8, 4) is 0 Å². The van der Waals surface area contributed by atoms with E-state index in [4.69, 9.17) is 0 Å². The molecule has 0 saturated carbocycles. The standard InChI is InChI=1S/C26H30N2O3S/c1-17-14-18(2)22(19(3)15-17)16-20-12-13-23(26(4,5)6)27-24(20)25(29)28-32(30,31)21-10-8-7-9-11-21/h7-15H,16H2,1-6H3,(H,28,29). The van der Waals surface area contributed by atoms with Gasteiger partial charge in [-0.25, -0.2) is 18.1 Å². The Morgan fingerprint density at radius 1 is 0.938 bits per heavy atom. The Bertz CT molecular complexity index is 1230. The average molecular weight is 451 g/mol. The minimum absolute atomic E-state index is 0.0344. The van der Waals surface area contributed by atoms with Crippen LogP contribution in [0.25, 0.3) is 0 Å². The summed E-state index contributed by atoms with van der Waals surface area (Å²) < 4.78 is 27.7. The summed E-state index contributed by atoms with van der Waals surface area (Å²) in [5.74, 6) is -0.725. The number of pyridine rings is 1. The Labute approximate surface area is 191 Å². The van der Waals surface area contributed by atoms with Gasteiger partial charge in [-0.3, -0.25) is 4.79 Å². The quantitative estimate of drug-likeness (QED) is 0.593. The second kappa shape index (κ2) is 8.87. The number of hydrogen-bond donors (Lipinski definition) is 1. The van der Waals surface area contributed by atoms with Crippen LogP contribution in [0.15, 0.2) is 59.5 Å². The van der Waals surface area contributed by atoms with Gasteiger partial charge in [0.1, 0.15) is 5.69 Å². The van der Waals surface area contributed by atoms with Crippen LogP contribution in [-0.4, -0.2) is 19.3 Å². The van der Waals surface area contributed by atoms with Gasteiger partial charge in [-0.05, 0) is 61.2 Å². The minimum Gasteiger partial charge on any atom is -0.266 e. The van der Waals surface area contributed by atoms with Gasteiger partial charge >= 0.3 is 0 Å². The largest absolute Gasteiger partial charge is 0.283 e. The molecule has 0 aliphatic heterocycles. The fourth-order valence-corrected chi connectivity index (χ4v) is 4.73. The van der Waals surface area contributed by atoms with E-state index < -0.39 is 15.9 Å². The summed E-state index contributed by atoms with van der Waals surface area (Å²) in [6.07, 6.45) is 0.490. The molecule has 6 heteroatoms. The van der Waals surface area contributed by atoms with E-state index in [1.165, 1.54) is 17.7 Å². The van der Waals surface area contributed by atoms with Gasteiger partial charge in [0.05, 0.1) is 4.90 Å². The first-order valence-corrected chi connectivity index (χ1v) is 12.1. The Kier molecular flexibility index (Phi) is 6.56. The lowest BCUT2D eigenvalue weighted by Gasteiger charge is -2.20. The van der Waals surface area contributed by atoms with Crippen LogP contribution in [0.3, 0.4) is 0 Å². The topological polar surface area (TPSA) is 76.1 Å². The van der Waals surface area contributed by atoms with Crippen LogP contribution in [0.2, 0.25) is 0 Å². The summed E-state index contributed by atoms with van der Waals surface area (Å²) in [5, 5.41) is 0. The maximum absolute atomic E-state index is 13.2. The third-order valence-corrected chi connectivity index (χ3v) is 6.80. The maximum atomic E-state index is 13.2. The SMILES string of the molecule is Cc1cc(C)c(Cc2ccc(C(C)(C)C)nc2C(=O)NS(=O)(=O)c2ccccc2)c(C)c1. The van der Waals surface area contributed by atoms with Crippen LogP contribution >= 0.6 is 0 Å². The molecule has 32 heavy (non-hydrogen) atoms. The number of aryl methyl sites for hydroxylation is 3. The number of amides is 1. The molecule has 0 fully saturated rings. The van der Waals surface area contributed by atoms with Crippen molar-refractivity contribution in [3.05, 3.63) is 93.8 Å². The first-order chi connectivity index (χ1) is 14.9. The third kappa shape index (κ3) is 5.25. The second-order valence-electron chi connectivity index (χ2n) is 9.26. The molecule has 5 nitrogen and oxygen atoms in total. The molecular weight excluding hydrogens is 420 g/mol. The molecule has 0 aliphatic carbocycles. The van der Waals surface area contributed by atoms with E-state index in [9.17, 15) is 13.2 Å². The molecule has 0 bridgehead atoms. The first kappa shape index (κ1) is 23.7. The van der Waals surface area contributed by atoms with E-state index in [1.54, 1.807) is 18.2 Å². The smallest absolute Gasteiger partial charge is 0.266 e. The summed E-state index contributed by atoms with van der Waals surface area (Å²) in [7, 11) is -4.01. The highest BCUT2D eigenvalue weighted by atomic mass is 32.2. The van der Waals surface area contributed by atoms with Crippen LogP contribution in [0, 0.1) is 20.8 Å². The Morgan fingerprint density at radius 2 is 1.53 bits per heavy atom. The lowest BCUT2D eigenvalue weighted by atomic mass is 9.89. The summed E-state index contributed by atoms with van der Waals surface area (Å²) in [6.45, 7) is 12.2. The highest BCUT2D eigenvalue weighted by Crippen LogP contribution is 2.25. The lowest BCUT2D eigenvalue weighted by molar-refractivity contribution is 0.0975. The number of carbonyl (C=O) groups excluding carboxylic acids is 1. The van der Waals surface area contributed by atoms with Crippen molar-refractivity contribution in [1.29, 1.82) is 0 Å². The van der Waals surface area contributed by atoms with Gasteiger partial charge < -0.3 is 0 Å². The van der Waals surface area contributed by atoms with Crippen molar-refractivity contribution in [3.63, 3.8) is 0 Å².